The molecule has 0 aliphatic carbocycles. The molecule has 0 saturated carbocycles. The van der Waals surface area contributed by atoms with E-state index in [0.29, 0.717) is 35.3 Å². The van der Waals surface area contributed by atoms with E-state index >= 15 is 0 Å². The first-order valence-corrected chi connectivity index (χ1v) is 19.7. The van der Waals surface area contributed by atoms with Gasteiger partial charge in [-0.2, -0.15) is 4.68 Å². The second-order valence-electron chi connectivity index (χ2n) is 13.6. The molecule has 3 atom stereocenters. The van der Waals surface area contributed by atoms with Gasteiger partial charge in [-0.3, -0.25) is 0 Å². The lowest BCUT2D eigenvalue weighted by Crippen LogP contribution is -2.31. The molecule has 0 spiro atoms. The second kappa shape index (κ2) is 18.2. The molecule has 6 aromatic carbocycles. The zero-order chi connectivity index (χ0) is 39.7. The summed E-state index contributed by atoms with van der Waals surface area (Å²) in [5.41, 5.74) is 6.95. The fourth-order valence-corrected chi connectivity index (χ4v) is 7.44. The number of nitrogens with zero attached hydrogens (tertiary/aromatic N) is 4. The smallest absolute Gasteiger partial charge is 0.319 e. The Kier molecular flexibility index (Phi) is 12.0. The largest absolute Gasteiger partial charge is 0.508 e. The lowest BCUT2D eigenvalue weighted by atomic mass is 9.99. The highest BCUT2D eigenvalue weighted by Gasteiger charge is 2.33. The van der Waals surface area contributed by atoms with Crippen molar-refractivity contribution in [2.45, 2.75) is 43.2 Å². The van der Waals surface area contributed by atoms with Crippen molar-refractivity contribution in [2.24, 2.45) is 0 Å². The molecule has 13 heteroatoms. The highest BCUT2D eigenvalue weighted by atomic mass is 32.2. The molecule has 4 N–H and O–H groups in total. The maximum atomic E-state index is 12.8. The molecule has 3 unspecified atom stereocenters. The molecule has 1 aliphatic rings. The fraction of sp³-hybridized carbons (Fsp3) is 0.156. The first-order chi connectivity index (χ1) is 28.5. The van der Waals surface area contributed by atoms with E-state index in [1.165, 1.54) is 11.8 Å². The quantitative estimate of drug-likeness (QED) is 0.0833. The fourth-order valence-electron chi connectivity index (χ4n) is 6.53. The van der Waals surface area contributed by atoms with Crippen LogP contribution in [0, 0.1) is 0 Å². The Morgan fingerprint density at radius 3 is 2.29 bits per heavy atom. The van der Waals surface area contributed by atoms with Crippen molar-refractivity contribution < 1.29 is 29.2 Å². The molecule has 7 aromatic rings. The van der Waals surface area contributed by atoms with Gasteiger partial charge >= 0.3 is 6.03 Å². The average Bonchev–Trinajstić information content (AvgIpc) is 3.75. The van der Waals surface area contributed by atoms with Gasteiger partial charge in [0.25, 0.3) is 0 Å². The minimum atomic E-state index is -0.664. The summed E-state index contributed by atoms with van der Waals surface area (Å²) in [6.07, 6.45) is -0.558. The molecule has 8 rings (SSSR count). The first-order valence-electron chi connectivity index (χ1n) is 18.7. The number of benzene rings is 6. The molecule has 58 heavy (non-hydrogen) atoms. The van der Waals surface area contributed by atoms with Crippen LogP contribution in [-0.2, 0) is 22.6 Å². The van der Waals surface area contributed by atoms with E-state index in [4.69, 9.17) is 14.2 Å². The van der Waals surface area contributed by atoms with Crippen molar-refractivity contribution in [3.8, 4) is 34.1 Å². The highest BCUT2D eigenvalue weighted by molar-refractivity contribution is 7.99. The third-order valence-corrected chi connectivity index (χ3v) is 10.6. The van der Waals surface area contributed by atoms with Crippen LogP contribution in [0.15, 0.2) is 157 Å². The number of para-hydroxylation sites is 1. The summed E-state index contributed by atoms with van der Waals surface area (Å²) in [5, 5.41) is 38.1. The molecule has 0 radical (unpaired) electrons. The first kappa shape index (κ1) is 38.4. The predicted octanol–water partition coefficient (Wildman–Crippen LogP) is 8.98. The third kappa shape index (κ3) is 9.71. The molecule has 1 fully saturated rings. The van der Waals surface area contributed by atoms with Crippen LogP contribution in [0.4, 0.5) is 10.5 Å². The second-order valence-corrected chi connectivity index (χ2v) is 14.6. The Morgan fingerprint density at radius 2 is 1.52 bits per heavy atom. The Bertz CT molecular complexity index is 2430. The number of carbonyl (C=O) groups is 1. The number of aromatic nitrogens is 4. The van der Waals surface area contributed by atoms with E-state index in [0.717, 1.165) is 44.8 Å². The van der Waals surface area contributed by atoms with Crippen LogP contribution < -0.4 is 15.4 Å². The number of phenols is 1. The van der Waals surface area contributed by atoms with E-state index in [1.807, 2.05) is 103 Å². The van der Waals surface area contributed by atoms with Crippen LogP contribution in [0.2, 0.25) is 0 Å². The molecule has 1 aliphatic heterocycles. The number of amides is 2. The standard InChI is InChI=1S/C45H40N6O6S/c52-28-30-12-14-32(15-13-30)42-26-41(29-58-45-48-49-50-51(45)37-18-20-38(53)21-19-37)56-43(57-42)35-9-5-8-34(25-35)33-7-4-6-31(24-33)27-46-44(54)47-36-16-22-40(23-17-36)55-39-10-2-1-3-11-39/h1-25,41-43,52-53H,26-29H2,(H2,46,47,54). The number of anilines is 1. The molecule has 1 saturated heterocycles. The number of thioether (sulfide) groups is 1. The number of hydrogen-bond donors (Lipinski definition) is 4. The number of aliphatic hydroxyl groups is 1. The monoisotopic (exact) mass is 792 g/mol. The number of nitrogens with one attached hydrogen (secondary N) is 2. The number of ether oxygens (including phenoxy) is 3. The topological polar surface area (TPSA) is 153 Å². The summed E-state index contributed by atoms with van der Waals surface area (Å²) in [6, 6.07) is 47.0. The highest BCUT2D eigenvalue weighted by Crippen LogP contribution is 2.40. The summed E-state index contributed by atoms with van der Waals surface area (Å²) in [4.78, 5) is 12.8. The van der Waals surface area contributed by atoms with Gasteiger partial charge in [0.1, 0.15) is 17.2 Å². The van der Waals surface area contributed by atoms with Gasteiger partial charge in [0, 0.05) is 30.0 Å². The molecule has 2 amide bonds. The SMILES string of the molecule is O=C(NCc1cccc(-c2cccc(C3OC(CSc4nnnn4-c4ccc(O)cc4)CC(c4ccc(CO)cc4)O3)c2)c1)Nc1ccc(Oc2ccccc2)cc1. The van der Waals surface area contributed by atoms with Crippen LogP contribution in [0.5, 0.6) is 17.2 Å². The summed E-state index contributed by atoms with van der Waals surface area (Å²) < 4.78 is 20.8. The van der Waals surface area contributed by atoms with E-state index in [2.05, 4.69) is 38.3 Å². The van der Waals surface area contributed by atoms with E-state index in [9.17, 15) is 15.0 Å². The van der Waals surface area contributed by atoms with Gasteiger partial charge in [-0.1, -0.05) is 90.6 Å². The predicted molar refractivity (Wildman–Crippen MR) is 221 cm³/mol. The van der Waals surface area contributed by atoms with Crippen molar-refractivity contribution in [2.75, 3.05) is 11.1 Å². The van der Waals surface area contributed by atoms with Crippen molar-refractivity contribution in [3.05, 3.63) is 174 Å². The normalized spacial score (nSPS) is 16.4. The molecule has 292 valence electrons. The van der Waals surface area contributed by atoms with E-state index < -0.39 is 6.29 Å². The summed E-state index contributed by atoms with van der Waals surface area (Å²) in [7, 11) is 0. The van der Waals surface area contributed by atoms with Gasteiger partial charge < -0.3 is 35.1 Å². The minimum absolute atomic E-state index is 0.0374. The lowest BCUT2D eigenvalue weighted by Gasteiger charge is -2.36. The number of rotatable bonds is 13. The summed E-state index contributed by atoms with van der Waals surface area (Å²) in [5.74, 6) is 2.13. The van der Waals surface area contributed by atoms with Gasteiger partial charge in [-0.25, -0.2) is 4.79 Å². The molecule has 2 heterocycles. The molecular formula is C45H40N6O6S. The van der Waals surface area contributed by atoms with Crippen LogP contribution in [-0.4, -0.2) is 48.3 Å². The van der Waals surface area contributed by atoms with Crippen molar-refractivity contribution in [1.82, 2.24) is 25.5 Å². The van der Waals surface area contributed by atoms with E-state index in [1.54, 1.807) is 41.1 Å². The summed E-state index contributed by atoms with van der Waals surface area (Å²) >= 11 is 1.48. The summed E-state index contributed by atoms with van der Waals surface area (Å²) in [6.45, 7) is 0.291. The Labute approximate surface area is 339 Å². The number of tetrazole rings is 1. The van der Waals surface area contributed by atoms with Crippen LogP contribution >= 0.6 is 11.8 Å². The van der Waals surface area contributed by atoms with Crippen molar-refractivity contribution in [1.29, 1.82) is 0 Å². The Hall–Kier alpha value is -6.51. The number of urea groups is 1. The zero-order valence-electron chi connectivity index (χ0n) is 31.2. The van der Waals surface area contributed by atoms with Crippen LogP contribution in [0.25, 0.3) is 16.8 Å². The number of phenolic OH excluding ortho intramolecular Hbond substituents is 1. The number of aromatic hydroxyl groups is 1. The van der Waals surface area contributed by atoms with Gasteiger partial charge in [0.05, 0.1) is 24.5 Å². The van der Waals surface area contributed by atoms with Gasteiger partial charge in [-0.15, -0.1) is 5.10 Å². The van der Waals surface area contributed by atoms with Gasteiger partial charge in [-0.05, 0) is 111 Å². The number of hydrogen-bond acceptors (Lipinski definition) is 10. The molecular weight excluding hydrogens is 753 g/mol. The van der Waals surface area contributed by atoms with Crippen molar-refractivity contribution >= 4 is 23.5 Å². The van der Waals surface area contributed by atoms with Crippen molar-refractivity contribution in [3.63, 3.8) is 0 Å². The number of carbonyl (C=O) groups excluding carboxylic acids is 1. The molecule has 12 nitrogen and oxygen atoms in total. The maximum absolute atomic E-state index is 12.8. The van der Waals surface area contributed by atoms with Crippen LogP contribution in [0.1, 0.15) is 41.1 Å². The third-order valence-electron chi connectivity index (χ3n) is 9.51. The average molecular weight is 793 g/mol. The zero-order valence-corrected chi connectivity index (χ0v) is 32.0. The van der Waals surface area contributed by atoms with Gasteiger partial charge in [0.2, 0.25) is 5.16 Å². The minimum Gasteiger partial charge on any atom is -0.508 e. The van der Waals surface area contributed by atoms with Gasteiger partial charge in [0.15, 0.2) is 6.29 Å². The maximum Gasteiger partial charge on any atom is 0.319 e. The Balaban J connectivity index is 0.933. The van der Waals surface area contributed by atoms with Crippen LogP contribution in [0.3, 0.4) is 0 Å². The molecule has 1 aromatic heterocycles. The van der Waals surface area contributed by atoms with E-state index in [-0.39, 0.29) is 30.6 Å². The Morgan fingerprint density at radius 1 is 0.776 bits per heavy atom. The lowest BCUT2D eigenvalue weighted by molar-refractivity contribution is -0.245. The molecule has 0 bridgehead atoms. The number of aliphatic hydroxyl groups excluding tert-OH is 1.